The number of amides is 1. The smallest absolute Gasteiger partial charge is 0.238 e. The Labute approximate surface area is 116 Å². The highest BCUT2D eigenvalue weighted by Crippen LogP contribution is 2.15. The van der Waals surface area contributed by atoms with Crippen molar-refractivity contribution >= 4 is 27.5 Å². The van der Waals surface area contributed by atoms with E-state index in [1.165, 1.54) is 0 Å². The van der Waals surface area contributed by atoms with Gasteiger partial charge in [0.25, 0.3) is 0 Å². The number of carbonyl (C=O) groups is 1. The molecule has 1 aliphatic rings. The van der Waals surface area contributed by atoms with Crippen LogP contribution in [0.15, 0.2) is 28.7 Å². The molecule has 5 heteroatoms. The second-order valence-electron chi connectivity index (χ2n) is 4.65. The number of hydrogen-bond acceptors (Lipinski definition) is 3. The standard InChI is InChI=1S/C13H18BrN3O/c1-10-8-17(6-5-15-10)9-13(18)16-12-4-2-3-11(14)7-12/h2-4,7,10,15H,5-6,8-9H2,1H3,(H,16,18)/t10-/m0/s1. The van der Waals surface area contributed by atoms with Crippen molar-refractivity contribution in [1.82, 2.24) is 10.2 Å². The SMILES string of the molecule is C[C@H]1CN(CC(=O)Nc2cccc(Br)c2)CCN1. The summed E-state index contributed by atoms with van der Waals surface area (Å²) in [6.45, 7) is 5.39. The summed E-state index contributed by atoms with van der Waals surface area (Å²) in [7, 11) is 0. The largest absolute Gasteiger partial charge is 0.325 e. The van der Waals surface area contributed by atoms with Crippen LogP contribution in [0.25, 0.3) is 0 Å². The summed E-state index contributed by atoms with van der Waals surface area (Å²) in [5, 5.41) is 6.28. The Morgan fingerprint density at radius 1 is 1.61 bits per heavy atom. The molecule has 0 radical (unpaired) electrons. The summed E-state index contributed by atoms with van der Waals surface area (Å²) in [6, 6.07) is 8.10. The molecule has 1 amide bonds. The van der Waals surface area contributed by atoms with Gasteiger partial charge in [0.1, 0.15) is 0 Å². The van der Waals surface area contributed by atoms with Crippen molar-refractivity contribution in [3.8, 4) is 0 Å². The average molecular weight is 312 g/mol. The molecule has 1 aliphatic heterocycles. The normalized spacial score (nSPS) is 20.7. The molecule has 2 N–H and O–H groups in total. The maximum absolute atomic E-state index is 11.9. The fourth-order valence-corrected chi connectivity index (χ4v) is 2.52. The minimum absolute atomic E-state index is 0.0437. The van der Waals surface area contributed by atoms with Crippen LogP contribution in [0.3, 0.4) is 0 Å². The Balaban J connectivity index is 1.85. The summed E-state index contributed by atoms with van der Waals surface area (Å²) in [6.07, 6.45) is 0. The Hall–Kier alpha value is -0.910. The highest BCUT2D eigenvalue weighted by atomic mass is 79.9. The number of anilines is 1. The molecule has 0 aliphatic carbocycles. The van der Waals surface area contributed by atoms with Crippen LogP contribution < -0.4 is 10.6 Å². The molecule has 0 aromatic heterocycles. The van der Waals surface area contributed by atoms with Gasteiger partial charge in [-0.05, 0) is 25.1 Å². The third-order valence-electron chi connectivity index (χ3n) is 2.93. The lowest BCUT2D eigenvalue weighted by Crippen LogP contribution is -2.51. The van der Waals surface area contributed by atoms with E-state index in [1.54, 1.807) is 0 Å². The highest BCUT2D eigenvalue weighted by molar-refractivity contribution is 9.10. The third-order valence-corrected chi connectivity index (χ3v) is 3.42. The number of nitrogens with one attached hydrogen (secondary N) is 2. The fourth-order valence-electron chi connectivity index (χ4n) is 2.13. The lowest BCUT2D eigenvalue weighted by atomic mass is 10.2. The number of hydrogen-bond donors (Lipinski definition) is 2. The van der Waals surface area contributed by atoms with E-state index in [0.29, 0.717) is 12.6 Å². The molecule has 2 rings (SSSR count). The molecular weight excluding hydrogens is 294 g/mol. The van der Waals surface area contributed by atoms with Gasteiger partial charge in [-0.15, -0.1) is 0 Å². The van der Waals surface area contributed by atoms with E-state index in [9.17, 15) is 4.79 Å². The molecule has 18 heavy (non-hydrogen) atoms. The van der Waals surface area contributed by atoms with Gasteiger partial charge in [-0.2, -0.15) is 0 Å². The highest BCUT2D eigenvalue weighted by Gasteiger charge is 2.17. The molecule has 4 nitrogen and oxygen atoms in total. The van der Waals surface area contributed by atoms with Crippen LogP contribution in [-0.2, 0) is 4.79 Å². The first-order chi connectivity index (χ1) is 8.63. The van der Waals surface area contributed by atoms with Crippen molar-refractivity contribution in [3.63, 3.8) is 0 Å². The van der Waals surface area contributed by atoms with Crippen LogP contribution in [0, 0.1) is 0 Å². The molecule has 1 aromatic carbocycles. The summed E-state index contributed by atoms with van der Waals surface area (Å²) < 4.78 is 0.969. The van der Waals surface area contributed by atoms with Gasteiger partial charge in [-0.25, -0.2) is 0 Å². The molecule has 1 saturated heterocycles. The topological polar surface area (TPSA) is 44.4 Å². The molecule has 1 atom stereocenters. The zero-order valence-corrected chi connectivity index (χ0v) is 12.0. The van der Waals surface area contributed by atoms with Crippen LogP contribution >= 0.6 is 15.9 Å². The van der Waals surface area contributed by atoms with Crippen LogP contribution in [0.2, 0.25) is 0 Å². The Bertz CT molecular complexity index is 424. The van der Waals surface area contributed by atoms with Gasteiger partial charge >= 0.3 is 0 Å². The first kappa shape index (κ1) is 13.5. The number of piperazine rings is 1. The second-order valence-corrected chi connectivity index (χ2v) is 5.56. The number of halogens is 1. The Morgan fingerprint density at radius 3 is 3.17 bits per heavy atom. The van der Waals surface area contributed by atoms with Crippen molar-refractivity contribution in [2.75, 3.05) is 31.5 Å². The van der Waals surface area contributed by atoms with E-state index in [0.717, 1.165) is 29.8 Å². The van der Waals surface area contributed by atoms with Crippen molar-refractivity contribution < 1.29 is 4.79 Å². The molecule has 1 heterocycles. The number of carbonyl (C=O) groups excluding carboxylic acids is 1. The Kier molecular flexibility index (Phi) is 4.74. The number of nitrogens with zero attached hydrogens (tertiary/aromatic N) is 1. The zero-order valence-electron chi connectivity index (χ0n) is 10.4. The van der Waals surface area contributed by atoms with Crippen molar-refractivity contribution in [2.45, 2.75) is 13.0 Å². The maximum atomic E-state index is 11.9. The van der Waals surface area contributed by atoms with Gasteiger partial charge in [0.15, 0.2) is 0 Å². The van der Waals surface area contributed by atoms with Gasteiger partial charge < -0.3 is 10.6 Å². The summed E-state index contributed by atoms with van der Waals surface area (Å²) in [5.74, 6) is 0.0437. The second kappa shape index (κ2) is 6.31. The van der Waals surface area contributed by atoms with Crippen LogP contribution in [-0.4, -0.2) is 43.0 Å². The quantitative estimate of drug-likeness (QED) is 0.892. The van der Waals surface area contributed by atoms with Crippen LogP contribution in [0.4, 0.5) is 5.69 Å². The summed E-state index contributed by atoms with van der Waals surface area (Å²) in [4.78, 5) is 14.1. The molecule has 0 unspecified atom stereocenters. The first-order valence-corrected chi connectivity index (χ1v) is 6.94. The minimum Gasteiger partial charge on any atom is -0.325 e. The summed E-state index contributed by atoms with van der Waals surface area (Å²) in [5.41, 5.74) is 0.831. The maximum Gasteiger partial charge on any atom is 0.238 e. The first-order valence-electron chi connectivity index (χ1n) is 6.14. The van der Waals surface area contributed by atoms with Gasteiger partial charge in [0.05, 0.1) is 6.54 Å². The van der Waals surface area contributed by atoms with Gasteiger partial charge in [-0.3, -0.25) is 9.69 Å². The van der Waals surface area contributed by atoms with Crippen molar-refractivity contribution in [3.05, 3.63) is 28.7 Å². The molecule has 0 saturated carbocycles. The van der Waals surface area contributed by atoms with E-state index in [-0.39, 0.29) is 5.91 Å². The predicted molar refractivity (Wildman–Crippen MR) is 76.7 cm³/mol. The van der Waals surface area contributed by atoms with E-state index in [4.69, 9.17) is 0 Å². The van der Waals surface area contributed by atoms with E-state index in [1.807, 2.05) is 24.3 Å². The van der Waals surface area contributed by atoms with E-state index < -0.39 is 0 Å². The van der Waals surface area contributed by atoms with Crippen LogP contribution in [0.5, 0.6) is 0 Å². The lowest BCUT2D eigenvalue weighted by molar-refractivity contribution is -0.117. The average Bonchev–Trinajstić information content (AvgIpc) is 2.28. The van der Waals surface area contributed by atoms with Crippen LogP contribution in [0.1, 0.15) is 6.92 Å². The van der Waals surface area contributed by atoms with Crippen molar-refractivity contribution in [2.24, 2.45) is 0 Å². The van der Waals surface area contributed by atoms with Gasteiger partial charge in [0, 0.05) is 35.8 Å². The Morgan fingerprint density at radius 2 is 2.44 bits per heavy atom. The molecule has 98 valence electrons. The molecule has 0 bridgehead atoms. The van der Waals surface area contributed by atoms with E-state index >= 15 is 0 Å². The lowest BCUT2D eigenvalue weighted by Gasteiger charge is -2.31. The van der Waals surface area contributed by atoms with Gasteiger partial charge in [-0.1, -0.05) is 22.0 Å². The number of benzene rings is 1. The zero-order chi connectivity index (χ0) is 13.0. The predicted octanol–water partition coefficient (Wildman–Crippen LogP) is 1.68. The van der Waals surface area contributed by atoms with E-state index in [2.05, 4.69) is 38.4 Å². The molecule has 0 spiro atoms. The molecule has 1 fully saturated rings. The minimum atomic E-state index is 0.0437. The molecule has 1 aromatic rings. The monoisotopic (exact) mass is 311 g/mol. The molecular formula is C13H18BrN3O. The van der Waals surface area contributed by atoms with Gasteiger partial charge in [0.2, 0.25) is 5.91 Å². The number of rotatable bonds is 3. The summed E-state index contributed by atoms with van der Waals surface area (Å²) >= 11 is 3.39. The van der Waals surface area contributed by atoms with Crippen molar-refractivity contribution in [1.29, 1.82) is 0 Å². The third kappa shape index (κ3) is 4.08. The fraction of sp³-hybridized carbons (Fsp3) is 0.462.